The van der Waals surface area contributed by atoms with E-state index in [2.05, 4.69) is 14.9 Å². The zero-order valence-electron chi connectivity index (χ0n) is 17.8. The van der Waals surface area contributed by atoms with Gasteiger partial charge >= 0.3 is 7.12 Å². The Morgan fingerprint density at radius 3 is 2.41 bits per heavy atom. The lowest BCUT2D eigenvalue weighted by Crippen LogP contribution is -2.41. The van der Waals surface area contributed by atoms with Crippen molar-refractivity contribution in [2.24, 2.45) is 5.92 Å². The predicted octanol–water partition coefficient (Wildman–Crippen LogP) is 0.644. The first-order valence-corrected chi connectivity index (χ1v) is 11.9. The standard InChI is InChI=1S/C19H32BN3O5S/c1-18(2)19(3,4)28-20(27-18)16-12-21-17(22-13-16)29(25,26)11-7-15-6-5-8-23(14-15)9-10-24/h12-13,15,24H,5-11,14H2,1-4H3/t15-/m0/s1. The molecule has 2 fully saturated rings. The van der Waals surface area contributed by atoms with Gasteiger partial charge < -0.3 is 19.3 Å². The maximum Gasteiger partial charge on any atom is 0.498 e. The lowest BCUT2D eigenvalue weighted by Gasteiger charge is -2.32. The van der Waals surface area contributed by atoms with Crippen molar-refractivity contribution in [3.8, 4) is 0 Å². The molecule has 10 heteroatoms. The molecule has 0 bridgehead atoms. The number of likely N-dealkylation sites (tertiary alicyclic amines) is 1. The summed E-state index contributed by atoms with van der Waals surface area (Å²) in [7, 11) is -4.16. The minimum absolute atomic E-state index is 0.0282. The number of aliphatic hydroxyl groups is 1. The number of aromatic nitrogens is 2. The summed E-state index contributed by atoms with van der Waals surface area (Å²) in [5, 5.41) is 8.95. The van der Waals surface area contributed by atoms with Crippen molar-refractivity contribution >= 4 is 22.4 Å². The van der Waals surface area contributed by atoms with Gasteiger partial charge in [0.25, 0.3) is 0 Å². The van der Waals surface area contributed by atoms with Crippen LogP contribution in [0.5, 0.6) is 0 Å². The fraction of sp³-hybridized carbons (Fsp3) is 0.789. The Morgan fingerprint density at radius 1 is 1.21 bits per heavy atom. The van der Waals surface area contributed by atoms with Crippen LogP contribution in [0.4, 0.5) is 0 Å². The third-order valence-corrected chi connectivity index (χ3v) is 7.81. The fourth-order valence-corrected chi connectivity index (χ4v) is 4.98. The highest BCUT2D eigenvalue weighted by molar-refractivity contribution is 7.91. The van der Waals surface area contributed by atoms with Crippen molar-refractivity contribution < 1.29 is 22.8 Å². The van der Waals surface area contributed by atoms with Crippen molar-refractivity contribution in [1.29, 1.82) is 0 Å². The van der Waals surface area contributed by atoms with E-state index < -0.39 is 28.2 Å². The van der Waals surface area contributed by atoms with Crippen LogP contribution in [0.15, 0.2) is 17.6 Å². The van der Waals surface area contributed by atoms with Crippen LogP contribution in [0.3, 0.4) is 0 Å². The number of nitrogens with zero attached hydrogens (tertiary/aromatic N) is 3. The number of hydrogen-bond acceptors (Lipinski definition) is 8. The van der Waals surface area contributed by atoms with Gasteiger partial charge in [0.15, 0.2) is 0 Å². The van der Waals surface area contributed by atoms with Gasteiger partial charge in [0.1, 0.15) is 0 Å². The molecule has 0 amide bonds. The van der Waals surface area contributed by atoms with Crippen molar-refractivity contribution in [3.05, 3.63) is 12.4 Å². The van der Waals surface area contributed by atoms with Crippen molar-refractivity contribution in [3.63, 3.8) is 0 Å². The molecule has 0 radical (unpaired) electrons. The molecule has 0 aromatic carbocycles. The predicted molar refractivity (Wildman–Crippen MR) is 111 cm³/mol. The van der Waals surface area contributed by atoms with E-state index in [0.29, 0.717) is 24.3 Å². The van der Waals surface area contributed by atoms with Crippen molar-refractivity contribution in [2.75, 3.05) is 32.0 Å². The van der Waals surface area contributed by atoms with E-state index in [1.54, 1.807) is 0 Å². The summed E-state index contributed by atoms with van der Waals surface area (Å²) in [5.41, 5.74) is -0.354. The summed E-state index contributed by atoms with van der Waals surface area (Å²) in [6.45, 7) is 10.4. The summed E-state index contributed by atoms with van der Waals surface area (Å²) in [6.07, 6.45) is 5.58. The van der Waals surface area contributed by atoms with E-state index >= 15 is 0 Å². The van der Waals surface area contributed by atoms with E-state index in [-0.39, 0.29) is 17.5 Å². The van der Waals surface area contributed by atoms with Gasteiger partial charge in [-0.3, -0.25) is 0 Å². The van der Waals surface area contributed by atoms with Gasteiger partial charge in [-0.25, -0.2) is 18.4 Å². The molecule has 0 unspecified atom stereocenters. The Bertz CT molecular complexity index is 783. The van der Waals surface area contributed by atoms with Crippen LogP contribution in [-0.4, -0.2) is 78.7 Å². The van der Waals surface area contributed by atoms with Crippen LogP contribution >= 0.6 is 0 Å². The van der Waals surface area contributed by atoms with Crippen LogP contribution in [0, 0.1) is 5.92 Å². The Hall–Kier alpha value is -1.07. The molecule has 3 rings (SSSR count). The Kier molecular flexibility index (Phi) is 6.70. The number of hydrogen-bond donors (Lipinski definition) is 1. The summed E-state index contributed by atoms with van der Waals surface area (Å²) in [4.78, 5) is 10.4. The second kappa shape index (κ2) is 8.59. The number of β-amino-alcohol motifs (C(OH)–C–C–N with tert-alkyl or cyclic N) is 1. The number of rotatable bonds is 7. The van der Waals surface area contributed by atoms with Crippen LogP contribution in [0.2, 0.25) is 0 Å². The molecule has 29 heavy (non-hydrogen) atoms. The van der Waals surface area contributed by atoms with Gasteiger partial charge in [0.2, 0.25) is 15.0 Å². The number of piperidine rings is 1. The van der Waals surface area contributed by atoms with E-state index in [4.69, 9.17) is 14.4 Å². The molecule has 2 aliphatic rings. The zero-order chi connectivity index (χ0) is 21.3. The molecule has 0 aliphatic carbocycles. The molecule has 2 aliphatic heterocycles. The van der Waals surface area contributed by atoms with Gasteiger partial charge in [-0.1, -0.05) is 0 Å². The van der Waals surface area contributed by atoms with Gasteiger partial charge in [-0.2, -0.15) is 0 Å². The normalized spacial score (nSPS) is 24.7. The molecule has 0 spiro atoms. The molecular weight excluding hydrogens is 393 g/mol. The second-order valence-electron chi connectivity index (χ2n) is 9.03. The highest BCUT2D eigenvalue weighted by Gasteiger charge is 2.52. The highest BCUT2D eigenvalue weighted by Crippen LogP contribution is 2.36. The molecule has 8 nitrogen and oxygen atoms in total. The molecule has 3 heterocycles. The minimum Gasteiger partial charge on any atom is -0.399 e. The van der Waals surface area contributed by atoms with Crippen LogP contribution in [-0.2, 0) is 19.1 Å². The summed E-state index contributed by atoms with van der Waals surface area (Å²) in [6, 6.07) is 0. The van der Waals surface area contributed by atoms with E-state index in [0.717, 1.165) is 25.9 Å². The SMILES string of the molecule is CC1(C)OB(c2cnc(S(=O)(=O)CC[C@@H]3CCCN(CCO)C3)nc2)OC1(C)C. The number of aliphatic hydroxyl groups excluding tert-OH is 1. The second-order valence-corrected chi connectivity index (χ2v) is 11.0. The van der Waals surface area contributed by atoms with Crippen molar-refractivity contribution in [2.45, 2.75) is 63.3 Å². The summed E-state index contributed by atoms with van der Waals surface area (Å²) in [5.74, 6) is 0.342. The Balaban J connectivity index is 1.60. The van der Waals surface area contributed by atoms with E-state index in [1.807, 2.05) is 27.7 Å². The topological polar surface area (TPSA) is 102 Å². The number of sulfone groups is 1. The Morgan fingerprint density at radius 2 is 1.83 bits per heavy atom. The maximum atomic E-state index is 12.7. The van der Waals surface area contributed by atoms with Gasteiger partial charge in [-0.15, -0.1) is 0 Å². The van der Waals surface area contributed by atoms with Gasteiger partial charge in [0, 0.05) is 30.9 Å². The lowest BCUT2D eigenvalue weighted by molar-refractivity contribution is 0.00578. The zero-order valence-corrected chi connectivity index (χ0v) is 18.6. The van der Waals surface area contributed by atoms with Crippen LogP contribution < -0.4 is 5.46 Å². The monoisotopic (exact) mass is 425 g/mol. The quantitative estimate of drug-likeness (QED) is 0.502. The molecule has 2 saturated heterocycles. The third-order valence-electron chi connectivity index (χ3n) is 6.27. The maximum absolute atomic E-state index is 12.7. The third kappa shape index (κ3) is 5.17. The van der Waals surface area contributed by atoms with Gasteiger partial charge in [0.05, 0.1) is 23.6 Å². The first kappa shape index (κ1) is 22.6. The van der Waals surface area contributed by atoms with E-state index in [1.165, 1.54) is 12.4 Å². The molecule has 0 saturated carbocycles. The van der Waals surface area contributed by atoms with Crippen LogP contribution in [0.1, 0.15) is 47.0 Å². The first-order chi connectivity index (χ1) is 13.5. The van der Waals surface area contributed by atoms with Crippen LogP contribution in [0.25, 0.3) is 0 Å². The lowest BCUT2D eigenvalue weighted by atomic mass is 9.81. The average Bonchev–Trinajstić information content (AvgIpc) is 2.88. The smallest absolute Gasteiger partial charge is 0.399 e. The molecule has 1 aromatic heterocycles. The van der Waals surface area contributed by atoms with E-state index in [9.17, 15) is 8.42 Å². The van der Waals surface area contributed by atoms with Gasteiger partial charge in [-0.05, 0) is 59.4 Å². The average molecular weight is 425 g/mol. The molecule has 1 aromatic rings. The van der Waals surface area contributed by atoms with Crippen molar-refractivity contribution in [1.82, 2.24) is 14.9 Å². The fourth-order valence-electron chi connectivity index (χ4n) is 3.73. The summed E-state index contributed by atoms with van der Waals surface area (Å²) < 4.78 is 37.3. The molecule has 162 valence electrons. The Labute approximate surface area is 174 Å². The molecular formula is C19H32BN3O5S. The molecule has 1 N–H and O–H groups in total. The minimum atomic E-state index is -3.55. The first-order valence-electron chi connectivity index (χ1n) is 10.3. The highest BCUT2D eigenvalue weighted by atomic mass is 32.2. The largest absolute Gasteiger partial charge is 0.498 e. The summed E-state index contributed by atoms with van der Waals surface area (Å²) >= 11 is 0. The molecule has 1 atom stereocenters.